The van der Waals surface area contributed by atoms with Crippen molar-refractivity contribution >= 4 is 38.8 Å². The smallest absolute Gasteiger partial charge is 0.170 e. The quantitative estimate of drug-likeness (QED) is 0.307. The topological polar surface area (TPSA) is 20.7 Å². The number of fused-ring (bicyclic) bond motifs is 3. The second-order valence-corrected chi connectivity index (χ2v) is 8.93. The largest absolute Gasteiger partial charge is 0.354 e. The molecule has 0 radical (unpaired) electrons. The predicted octanol–water partition coefficient (Wildman–Crippen LogP) is 6.95. The van der Waals surface area contributed by atoms with Crippen molar-refractivity contribution < 1.29 is 0 Å². The summed E-state index contributed by atoms with van der Waals surface area (Å²) in [6.07, 6.45) is 2.43. The zero-order valence-electron chi connectivity index (χ0n) is 18.4. The molecule has 1 aliphatic heterocycles. The van der Waals surface area contributed by atoms with Crippen LogP contribution in [0.1, 0.15) is 22.5 Å². The Labute approximate surface area is 182 Å². The Morgan fingerprint density at radius 2 is 1.65 bits per heavy atom. The van der Waals surface area contributed by atoms with Gasteiger partial charge in [-0.2, -0.15) is 0 Å². The lowest BCUT2D eigenvalue weighted by molar-refractivity contribution is 0.624. The fourth-order valence-corrected chi connectivity index (χ4v) is 5.46. The molecule has 0 spiro atoms. The molecule has 1 unspecified atom stereocenters. The van der Waals surface area contributed by atoms with Crippen molar-refractivity contribution in [1.29, 1.82) is 0 Å². The van der Waals surface area contributed by atoms with E-state index in [1.807, 2.05) is 0 Å². The summed E-state index contributed by atoms with van der Waals surface area (Å²) >= 11 is 0. The lowest BCUT2D eigenvalue weighted by Crippen LogP contribution is -2.31. The highest BCUT2D eigenvalue weighted by Crippen LogP contribution is 2.51. The molecule has 0 fully saturated rings. The van der Waals surface area contributed by atoms with Crippen LogP contribution in [0.5, 0.6) is 0 Å². The van der Waals surface area contributed by atoms with E-state index >= 15 is 0 Å². The number of H-pyrrole nitrogens is 1. The fraction of sp³-hybridized carbons (Fsp3) is 0.143. The first-order valence-electron chi connectivity index (χ1n) is 10.8. The van der Waals surface area contributed by atoms with Crippen molar-refractivity contribution in [1.82, 2.24) is 14.0 Å². The summed E-state index contributed by atoms with van der Waals surface area (Å²) in [6.45, 7) is 4.37. The lowest BCUT2D eigenvalue weighted by atomic mass is 10.0. The Hall–Kier alpha value is -3.56. The number of aromatic amines is 1. The highest BCUT2D eigenvalue weighted by Gasteiger charge is 2.41. The SMILES string of the molecule is Cc1ccc2c(c1)C(c1cc3ccccc3n1C)=C[N+]2(C)c1c(C)[nH]c2ccccc12. The van der Waals surface area contributed by atoms with Crippen LogP contribution in [0, 0.1) is 13.8 Å². The van der Waals surface area contributed by atoms with Gasteiger partial charge in [0.05, 0.1) is 40.5 Å². The molecular weight excluding hydrogens is 378 g/mol. The van der Waals surface area contributed by atoms with Crippen LogP contribution < -0.4 is 4.48 Å². The molecule has 1 atom stereocenters. The molecule has 1 N–H and O–H groups in total. The van der Waals surface area contributed by atoms with Gasteiger partial charge in [-0.3, -0.25) is 0 Å². The number of rotatable bonds is 2. The Kier molecular flexibility index (Phi) is 3.66. The molecular formula is C28H26N3+. The number of nitrogens with one attached hydrogen (secondary N) is 1. The van der Waals surface area contributed by atoms with Gasteiger partial charge in [0.2, 0.25) is 0 Å². The number of para-hydroxylation sites is 2. The predicted molar refractivity (Wildman–Crippen MR) is 132 cm³/mol. The fourth-order valence-electron chi connectivity index (χ4n) is 5.46. The first-order valence-corrected chi connectivity index (χ1v) is 10.8. The first kappa shape index (κ1) is 18.2. The van der Waals surface area contributed by atoms with E-state index in [2.05, 4.69) is 116 Å². The molecule has 2 aromatic heterocycles. The maximum Gasteiger partial charge on any atom is 0.170 e. The van der Waals surface area contributed by atoms with Gasteiger partial charge in [-0.25, -0.2) is 4.48 Å². The summed E-state index contributed by atoms with van der Waals surface area (Å²) in [6, 6.07) is 26.4. The summed E-state index contributed by atoms with van der Waals surface area (Å²) in [5.74, 6) is 0. The van der Waals surface area contributed by atoms with Gasteiger partial charge in [0.15, 0.2) is 11.4 Å². The third-order valence-corrected chi connectivity index (χ3v) is 6.88. The third kappa shape index (κ3) is 2.44. The molecule has 1 aliphatic rings. The minimum Gasteiger partial charge on any atom is -0.354 e. The molecule has 0 saturated carbocycles. The number of hydrogen-bond acceptors (Lipinski definition) is 0. The van der Waals surface area contributed by atoms with Crippen LogP contribution in [0.25, 0.3) is 27.4 Å². The summed E-state index contributed by atoms with van der Waals surface area (Å²) in [5.41, 5.74) is 11.5. The molecule has 3 nitrogen and oxygen atoms in total. The summed E-state index contributed by atoms with van der Waals surface area (Å²) in [4.78, 5) is 3.61. The molecule has 0 saturated heterocycles. The van der Waals surface area contributed by atoms with E-state index in [9.17, 15) is 0 Å². The molecule has 3 heteroatoms. The second kappa shape index (κ2) is 6.22. The Morgan fingerprint density at radius 1 is 0.871 bits per heavy atom. The zero-order valence-corrected chi connectivity index (χ0v) is 18.4. The normalized spacial score (nSPS) is 18.0. The van der Waals surface area contributed by atoms with Crippen LogP contribution in [0.3, 0.4) is 0 Å². The van der Waals surface area contributed by atoms with Crippen molar-refractivity contribution in [3.8, 4) is 0 Å². The van der Waals surface area contributed by atoms with Gasteiger partial charge in [0.1, 0.15) is 6.20 Å². The average Bonchev–Trinajstić information content (AvgIpc) is 3.37. The van der Waals surface area contributed by atoms with E-state index in [1.54, 1.807) is 0 Å². The van der Waals surface area contributed by atoms with Crippen molar-refractivity contribution in [3.63, 3.8) is 0 Å². The maximum atomic E-state index is 3.61. The summed E-state index contributed by atoms with van der Waals surface area (Å²) in [7, 11) is 4.49. The average molecular weight is 405 g/mol. The van der Waals surface area contributed by atoms with Crippen molar-refractivity contribution in [2.45, 2.75) is 13.8 Å². The molecule has 152 valence electrons. The van der Waals surface area contributed by atoms with Gasteiger partial charge >= 0.3 is 0 Å². The molecule has 3 aromatic carbocycles. The van der Waals surface area contributed by atoms with Crippen molar-refractivity contribution in [2.75, 3.05) is 7.05 Å². The molecule has 31 heavy (non-hydrogen) atoms. The molecule has 6 rings (SSSR count). The van der Waals surface area contributed by atoms with E-state index in [1.165, 1.54) is 61.3 Å². The van der Waals surface area contributed by atoms with Crippen LogP contribution in [-0.2, 0) is 7.05 Å². The van der Waals surface area contributed by atoms with Gasteiger partial charge in [-0.15, -0.1) is 0 Å². The minimum absolute atomic E-state index is 0.655. The van der Waals surface area contributed by atoms with Crippen LogP contribution in [0.15, 0.2) is 79.0 Å². The molecule has 3 heterocycles. The lowest BCUT2D eigenvalue weighted by Gasteiger charge is -2.27. The van der Waals surface area contributed by atoms with Gasteiger partial charge in [-0.1, -0.05) is 42.0 Å². The number of benzene rings is 3. The van der Waals surface area contributed by atoms with E-state index < -0.39 is 0 Å². The Morgan fingerprint density at radius 3 is 2.48 bits per heavy atom. The molecule has 0 aliphatic carbocycles. The minimum atomic E-state index is 0.655. The van der Waals surface area contributed by atoms with Gasteiger partial charge in [0.25, 0.3) is 0 Å². The maximum absolute atomic E-state index is 3.61. The van der Waals surface area contributed by atoms with Crippen molar-refractivity contribution in [2.24, 2.45) is 7.05 Å². The first-order chi connectivity index (χ1) is 15.0. The van der Waals surface area contributed by atoms with E-state index in [0.29, 0.717) is 4.48 Å². The van der Waals surface area contributed by atoms with Crippen LogP contribution >= 0.6 is 0 Å². The Balaban J connectivity index is 1.68. The number of quaternary nitrogens is 1. The van der Waals surface area contributed by atoms with E-state index in [4.69, 9.17) is 0 Å². The molecule has 0 bridgehead atoms. The van der Waals surface area contributed by atoms with E-state index in [0.717, 1.165) is 0 Å². The highest BCUT2D eigenvalue weighted by atomic mass is 15.4. The second-order valence-electron chi connectivity index (χ2n) is 8.93. The summed E-state index contributed by atoms with van der Waals surface area (Å²) < 4.78 is 2.98. The highest BCUT2D eigenvalue weighted by molar-refractivity contribution is 6.02. The van der Waals surface area contributed by atoms with Crippen LogP contribution in [-0.4, -0.2) is 16.6 Å². The number of aromatic nitrogens is 2. The Bertz CT molecular complexity index is 1530. The number of aryl methyl sites for hydroxylation is 3. The third-order valence-electron chi connectivity index (χ3n) is 6.88. The number of nitrogens with zero attached hydrogens (tertiary/aromatic N) is 2. The van der Waals surface area contributed by atoms with Crippen LogP contribution in [0.4, 0.5) is 11.4 Å². The monoisotopic (exact) mass is 404 g/mol. The zero-order chi connectivity index (χ0) is 21.3. The molecule has 5 aromatic rings. The number of hydrogen-bond donors (Lipinski definition) is 1. The van der Waals surface area contributed by atoms with Gasteiger partial charge in [-0.05, 0) is 44.2 Å². The van der Waals surface area contributed by atoms with Gasteiger partial charge < -0.3 is 9.55 Å². The standard InChI is InChI=1S/C28H26N3/c1-18-13-14-27-22(15-18)23(26-16-20-9-5-8-12-25(20)30(26)3)17-31(27,4)28-19(2)29-24-11-7-6-10-21(24)28/h5-17,29H,1-4H3/q+1. The summed E-state index contributed by atoms with van der Waals surface area (Å²) in [5, 5.41) is 2.56. The van der Waals surface area contributed by atoms with Crippen LogP contribution in [0.2, 0.25) is 0 Å². The van der Waals surface area contributed by atoms with E-state index in [-0.39, 0.29) is 0 Å². The van der Waals surface area contributed by atoms with Gasteiger partial charge in [0, 0.05) is 24.0 Å². The molecule has 0 amide bonds. The van der Waals surface area contributed by atoms with Crippen molar-refractivity contribution in [3.05, 3.63) is 102 Å².